The maximum Gasteiger partial charge on any atom is 0.240 e. The summed E-state index contributed by atoms with van der Waals surface area (Å²) in [4.78, 5) is 11.6. The molecule has 0 atom stereocenters. The molecule has 1 N–H and O–H groups in total. The van der Waals surface area contributed by atoms with Gasteiger partial charge in [-0.25, -0.2) is 9.07 Å². The molecule has 0 radical (unpaired) electrons. The fourth-order valence-corrected chi connectivity index (χ4v) is 2.25. The normalized spacial score (nSPS) is 10.5. The number of aromatic nitrogens is 2. The third-order valence-corrected chi connectivity index (χ3v) is 3.51. The van der Waals surface area contributed by atoms with Crippen LogP contribution in [0.3, 0.4) is 0 Å². The molecule has 0 aliphatic carbocycles. The van der Waals surface area contributed by atoms with Crippen LogP contribution in [0.2, 0.25) is 0 Å². The molecule has 0 aliphatic heterocycles. The molecule has 3 aromatic rings. The first-order valence-electron chi connectivity index (χ1n) is 6.94. The van der Waals surface area contributed by atoms with E-state index in [1.54, 1.807) is 23.0 Å². The van der Waals surface area contributed by atoms with Crippen LogP contribution in [0.4, 0.5) is 10.2 Å². The second-order valence-corrected chi connectivity index (χ2v) is 5.13. The van der Waals surface area contributed by atoms with Crippen molar-refractivity contribution in [3.8, 4) is 16.8 Å². The van der Waals surface area contributed by atoms with Crippen LogP contribution in [0.25, 0.3) is 16.8 Å². The molecular weight excluding hydrogens is 317 g/mol. The maximum absolute atomic E-state index is 13.1. The summed E-state index contributed by atoms with van der Waals surface area (Å²) in [6.07, 6.45) is 1.78. The number of amides is 1. The van der Waals surface area contributed by atoms with E-state index in [9.17, 15) is 9.18 Å². The molecule has 0 saturated carbocycles. The Morgan fingerprint density at radius 3 is 2.48 bits per heavy atom. The molecule has 3 rings (SSSR count). The van der Waals surface area contributed by atoms with E-state index in [0.717, 1.165) is 11.1 Å². The summed E-state index contributed by atoms with van der Waals surface area (Å²) in [5, 5.41) is 7.06. The predicted octanol–water partition coefficient (Wildman–Crippen LogP) is 3.86. The van der Waals surface area contributed by atoms with Gasteiger partial charge in [-0.05, 0) is 29.8 Å². The number of benzene rings is 2. The van der Waals surface area contributed by atoms with E-state index in [2.05, 4.69) is 10.4 Å². The number of nitrogens with one attached hydrogen (secondary N) is 1. The van der Waals surface area contributed by atoms with Gasteiger partial charge < -0.3 is 5.32 Å². The number of nitrogens with zero attached hydrogens (tertiary/aromatic N) is 2. The molecule has 116 valence electrons. The lowest BCUT2D eigenvalue weighted by molar-refractivity contribution is -0.113. The summed E-state index contributed by atoms with van der Waals surface area (Å²) in [5.74, 6) is -0.406. The van der Waals surface area contributed by atoms with Gasteiger partial charge in [0.1, 0.15) is 11.7 Å². The van der Waals surface area contributed by atoms with Crippen molar-refractivity contribution in [3.63, 3.8) is 0 Å². The fourth-order valence-electron chi connectivity index (χ4n) is 2.19. The Kier molecular flexibility index (Phi) is 4.39. The summed E-state index contributed by atoms with van der Waals surface area (Å²) in [7, 11) is 0. The topological polar surface area (TPSA) is 46.9 Å². The zero-order chi connectivity index (χ0) is 16.2. The first kappa shape index (κ1) is 15.2. The smallest absolute Gasteiger partial charge is 0.240 e. The lowest BCUT2D eigenvalue weighted by atomic mass is 10.1. The first-order valence-corrected chi connectivity index (χ1v) is 7.47. The molecule has 23 heavy (non-hydrogen) atoms. The highest BCUT2D eigenvalue weighted by atomic mass is 35.5. The molecule has 0 fully saturated rings. The van der Waals surface area contributed by atoms with Crippen LogP contribution in [-0.4, -0.2) is 21.6 Å². The van der Waals surface area contributed by atoms with E-state index in [0.29, 0.717) is 11.5 Å². The minimum atomic E-state index is -0.340. The van der Waals surface area contributed by atoms with Crippen LogP contribution < -0.4 is 5.32 Å². The molecule has 0 aliphatic rings. The predicted molar refractivity (Wildman–Crippen MR) is 88.3 cm³/mol. The Bertz CT molecular complexity index is 816. The number of hydrogen-bond donors (Lipinski definition) is 1. The van der Waals surface area contributed by atoms with Gasteiger partial charge >= 0.3 is 0 Å². The Hall–Kier alpha value is -2.66. The number of alkyl halides is 1. The molecule has 0 bridgehead atoms. The van der Waals surface area contributed by atoms with Crippen molar-refractivity contribution in [2.45, 2.75) is 0 Å². The Labute approximate surface area is 137 Å². The summed E-state index contributed by atoms with van der Waals surface area (Å²) in [6, 6.07) is 15.5. The largest absolute Gasteiger partial charge is 0.308 e. The van der Waals surface area contributed by atoms with E-state index in [1.807, 2.05) is 30.3 Å². The third kappa shape index (κ3) is 3.40. The monoisotopic (exact) mass is 329 g/mol. The molecule has 1 heterocycles. The van der Waals surface area contributed by atoms with Crippen molar-refractivity contribution in [3.05, 3.63) is 66.6 Å². The van der Waals surface area contributed by atoms with Gasteiger partial charge in [0.05, 0.1) is 5.69 Å². The molecule has 1 amide bonds. The molecule has 2 aromatic carbocycles. The molecular formula is C17H13ClFN3O. The zero-order valence-electron chi connectivity index (χ0n) is 12.0. The molecule has 0 saturated heterocycles. The lowest BCUT2D eigenvalue weighted by Gasteiger charge is -2.02. The van der Waals surface area contributed by atoms with Gasteiger partial charge in [-0.15, -0.1) is 16.7 Å². The highest BCUT2D eigenvalue weighted by Gasteiger charge is 2.14. The maximum atomic E-state index is 13.1. The number of carbonyl (C=O) groups excluding carboxylic acids is 1. The number of rotatable bonds is 4. The summed E-state index contributed by atoms with van der Waals surface area (Å²) in [6.45, 7) is 0. The average molecular weight is 330 g/mol. The molecule has 6 heteroatoms. The van der Waals surface area contributed by atoms with Crippen molar-refractivity contribution in [1.29, 1.82) is 0 Å². The summed E-state index contributed by atoms with van der Waals surface area (Å²) < 4.78 is 14.7. The van der Waals surface area contributed by atoms with Crippen molar-refractivity contribution in [1.82, 2.24) is 9.78 Å². The van der Waals surface area contributed by atoms with Crippen molar-refractivity contribution >= 4 is 23.3 Å². The van der Waals surface area contributed by atoms with Crippen LogP contribution in [-0.2, 0) is 4.79 Å². The van der Waals surface area contributed by atoms with E-state index in [1.165, 1.54) is 12.1 Å². The Morgan fingerprint density at radius 1 is 1.13 bits per heavy atom. The van der Waals surface area contributed by atoms with Crippen LogP contribution in [0.15, 0.2) is 60.8 Å². The van der Waals surface area contributed by atoms with Crippen molar-refractivity contribution < 1.29 is 9.18 Å². The number of hydrogen-bond acceptors (Lipinski definition) is 2. The quantitative estimate of drug-likeness (QED) is 0.739. The fraction of sp³-hybridized carbons (Fsp3) is 0.0588. The highest BCUT2D eigenvalue weighted by Crippen LogP contribution is 2.28. The van der Waals surface area contributed by atoms with E-state index in [-0.39, 0.29) is 17.6 Å². The molecule has 0 spiro atoms. The summed E-state index contributed by atoms with van der Waals surface area (Å²) >= 11 is 5.55. The van der Waals surface area contributed by atoms with Gasteiger partial charge in [0.2, 0.25) is 5.91 Å². The van der Waals surface area contributed by atoms with Crippen LogP contribution in [0.5, 0.6) is 0 Å². The minimum Gasteiger partial charge on any atom is -0.308 e. The lowest BCUT2D eigenvalue weighted by Crippen LogP contribution is -2.13. The number of anilines is 1. The average Bonchev–Trinajstić information content (AvgIpc) is 3.00. The van der Waals surface area contributed by atoms with Crippen LogP contribution >= 0.6 is 11.6 Å². The van der Waals surface area contributed by atoms with Gasteiger partial charge in [0.15, 0.2) is 5.82 Å². The third-order valence-electron chi connectivity index (χ3n) is 3.27. The summed E-state index contributed by atoms with van der Waals surface area (Å²) in [5.41, 5.74) is 2.36. The van der Waals surface area contributed by atoms with E-state index in [4.69, 9.17) is 11.6 Å². The second kappa shape index (κ2) is 6.62. The molecule has 0 unspecified atom stereocenters. The second-order valence-electron chi connectivity index (χ2n) is 4.86. The van der Waals surface area contributed by atoms with E-state index < -0.39 is 0 Å². The van der Waals surface area contributed by atoms with Gasteiger partial charge in [0.25, 0.3) is 0 Å². The van der Waals surface area contributed by atoms with Crippen molar-refractivity contribution in [2.24, 2.45) is 0 Å². The Balaban J connectivity index is 2.06. The Morgan fingerprint density at radius 2 is 1.83 bits per heavy atom. The minimum absolute atomic E-state index is 0.155. The molecule has 1 aromatic heterocycles. The zero-order valence-corrected chi connectivity index (χ0v) is 12.8. The number of carbonyl (C=O) groups is 1. The van der Waals surface area contributed by atoms with Gasteiger partial charge in [-0.1, -0.05) is 30.3 Å². The first-order chi connectivity index (χ1) is 11.2. The molecule has 4 nitrogen and oxygen atoms in total. The van der Waals surface area contributed by atoms with Gasteiger partial charge in [-0.3, -0.25) is 4.79 Å². The SMILES string of the molecule is O=C(CCl)Nc1nn(-c2ccc(F)cc2)cc1-c1ccccc1. The number of halogens is 2. The van der Waals surface area contributed by atoms with Crippen molar-refractivity contribution in [2.75, 3.05) is 11.2 Å². The van der Waals surface area contributed by atoms with Crippen LogP contribution in [0, 0.1) is 5.82 Å². The van der Waals surface area contributed by atoms with Gasteiger partial charge in [-0.2, -0.15) is 0 Å². The van der Waals surface area contributed by atoms with E-state index >= 15 is 0 Å². The standard InChI is InChI=1S/C17H13ClFN3O/c18-10-16(23)20-17-15(12-4-2-1-3-5-12)11-22(21-17)14-8-6-13(19)7-9-14/h1-9,11H,10H2,(H,20,21,23). The van der Waals surface area contributed by atoms with Gasteiger partial charge in [0, 0.05) is 11.8 Å². The van der Waals surface area contributed by atoms with Crippen LogP contribution in [0.1, 0.15) is 0 Å². The highest BCUT2D eigenvalue weighted by molar-refractivity contribution is 6.29.